The van der Waals surface area contributed by atoms with Gasteiger partial charge in [0.05, 0.1) is 22.3 Å². The van der Waals surface area contributed by atoms with Gasteiger partial charge in [0.25, 0.3) is 7.79 Å². The van der Waals surface area contributed by atoms with Gasteiger partial charge in [-0.25, -0.2) is 9.97 Å². The van der Waals surface area contributed by atoms with Crippen molar-refractivity contribution in [2.75, 3.05) is 0 Å². The van der Waals surface area contributed by atoms with Gasteiger partial charge in [-0.05, 0) is 45.5 Å². The first kappa shape index (κ1) is 30.7. The van der Waals surface area contributed by atoms with Crippen LogP contribution in [0.5, 0.6) is 0 Å². The third-order valence-corrected chi connectivity index (χ3v) is 8.49. The number of hydrogen-bond acceptors (Lipinski definition) is 4. The molecule has 0 N–H and O–H groups in total. The molecule has 0 bridgehead atoms. The summed E-state index contributed by atoms with van der Waals surface area (Å²) < 4.78 is 97.7. The van der Waals surface area contributed by atoms with Crippen LogP contribution in [0.1, 0.15) is 11.1 Å². The Balaban J connectivity index is 1.58. The first-order chi connectivity index (χ1) is 21.9. The van der Waals surface area contributed by atoms with Gasteiger partial charge in [0.1, 0.15) is 11.0 Å². The van der Waals surface area contributed by atoms with Gasteiger partial charge in [-0.1, -0.05) is 84.9 Å². The standard InChI is InChI=1S/C34H16F6I2N2O2/c35-33(36,37)23-15-7-5-11-19(23)17-9-1-3-13-21(17)25-27-30(46-31(41)43-27)26(28-29(25)45-32(42)44-28)22-14-4-2-10-18(22)20-12-6-8-16-24(20)34(38,39)40/h1-16H. The number of aromatic nitrogens is 2. The molecule has 0 fully saturated rings. The third-order valence-electron chi connectivity index (χ3n) is 7.57. The molecular formula is C34H16F6I2N2O2. The smallest absolute Gasteiger partial charge is 0.417 e. The summed E-state index contributed by atoms with van der Waals surface area (Å²) >= 11 is 3.76. The number of nitrogens with zero attached hydrogens (tertiary/aromatic N) is 2. The molecule has 7 rings (SSSR count). The van der Waals surface area contributed by atoms with E-state index in [1.807, 2.05) is 45.2 Å². The monoisotopic (exact) mass is 852 g/mol. The summed E-state index contributed by atoms with van der Waals surface area (Å²) in [6, 6.07) is 23.7. The van der Waals surface area contributed by atoms with E-state index in [1.165, 1.54) is 36.4 Å². The molecular weight excluding hydrogens is 836 g/mol. The van der Waals surface area contributed by atoms with E-state index >= 15 is 0 Å². The fourth-order valence-electron chi connectivity index (χ4n) is 5.78. The van der Waals surface area contributed by atoms with E-state index in [0.717, 1.165) is 12.1 Å². The zero-order chi connectivity index (χ0) is 32.4. The van der Waals surface area contributed by atoms with Crippen LogP contribution in [0, 0.1) is 7.79 Å². The van der Waals surface area contributed by atoms with Crippen molar-refractivity contribution in [3.05, 3.63) is 116 Å². The van der Waals surface area contributed by atoms with Crippen molar-refractivity contribution in [2.45, 2.75) is 12.4 Å². The number of fused-ring (bicyclic) bond motifs is 2. The maximum atomic E-state index is 14.2. The van der Waals surface area contributed by atoms with E-state index in [0.29, 0.717) is 22.3 Å². The summed E-state index contributed by atoms with van der Waals surface area (Å²) in [5.74, 6) is 0. The molecule has 0 aliphatic heterocycles. The molecule has 0 aliphatic carbocycles. The fourth-order valence-corrected chi connectivity index (χ4v) is 6.71. The molecule has 4 nitrogen and oxygen atoms in total. The zero-order valence-corrected chi connectivity index (χ0v) is 27.3. The van der Waals surface area contributed by atoms with E-state index in [1.54, 1.807) is 48.5 Å². The van der Waals surface area contributed by atoms with Gasteiger partial charge in [0.2, 0.25) is 0 Å². The Kier molecular flexibility index (Phi) is 7.61. The van der Waals surface area contributed by atoms with Crippen molar-refractivity contribution in [3.8, 4) is 44.5 Å². The van der Waals surface area contributed by atoms with Crippen LogP contribution in [0.15, 0.2) is 106 Å². The topological polar surface area (TPSA) is 52.1 Å². The summed E-state index contributed by atoms with van der Waals surface area (Å²) in [7, 11) is 0. The van der Waals surface area contributed by atoms with Crippen LogP contribution < -0.4 is 0 Å². The lowest BCUT2D eigenvalue weighted by molar-refractivity contribution is -0.137. The van der Waals surface area contributed by atoms with Crippen LogP contribution in [0.25, 0.3) is 66.7 Å². The van der Waals surface area contributed by atoms with E-state index in [9.17, 15) is 26.3 Å². The highest BCUT2D eigenvalue weighted by Crippen LogP contribution is 2.50. The van der Waals surface area contributed by atoms with Crippen molar-refractivity contribution in [2.24, 2.45) is 0 Å². The third kappa shape index (κ3) is 5.24. The molecule has 0 saturated heterocycles. The van der Waals surface area contributed by atoms with Gasteiger partial charge in [0.15, 0.2) is 11.2 Å². The van der Waals surface area contributed by atoms with E-state index in [-0.39, 0.29) is 52.2 Å². The number of benzene rings is 5. The molecule has 0 atom stereocenters. The maximum Gasteiger partial charge on any atom is 0.417 e. The fraction of sp³-hybridized carbons (Fsp3) is 0.0588. The summed E-state index contributed by atoms with van der Waals surface area (Å²) in [4.78, 5) is 9.26. The van der Waals surface area contributed by atoms with Crippen LogP contribution in [-0.2, 0) is 12.4 Å². The molecule has 5 aromatic carbocycles. The molecule has 46 heavy (non-hydrogen) atoms. The van der Waals surface area contributed by atoms with Crippen molar-refractivity contribution in [1.82, 2.24) is 9.97 Å². The zero-order valence-electron chi connectivity index (χ0n) is 23.0. The number of rotatable bonds is 4. The SMILES string of the molecule is FC(F)(F)c1ccccc1-c1ccccc1-c1c2nc(I)oc2c(-c2ccccc2-c2ccccc2C(F)(F)F)c2nc(I)oc12. The average molecular weight is 852 g/mol. The highest BCUT2D eigenvalue weighted by molar-refractivity contribution is 14.1. The Morgan fingerprint density at radius 3 is 1.09 bits per heavy atom. The quantitative estimate of drug-likeness (QED) is 0.131. The first-order valence-corrected chi connectivity index (χ1v) is 15.7. The highest BCUT2D eigenvalue weighted by atomic mass is 127. The second-order valence-corrected chi connectivity index (χ2v) is 12.1. The van der Waals surface area contributed by atoms with Gasteiger partial charge in [-0.15, -0.1) is 0 Å². The molecule has 230 valence electrons. The summed E-state index contributed by atoms with van der Waals surface area (Å²) in [6.07, 6.45) is -9.25. The van der Waals surface area contributed by atoms with E-state index in [4.69, 9.17) is 8.83 Å². The van der Waals surface area contributed by atoms with Crippen LogP contribution in [0.4, 0.5) is 26.3 Å². The van der Waals surface area contributed by atoms with Gasteiger partial charge in [-0.2, -0.15) is 26.3 Å². The number of alkyl halides is 6. The Bertz CT molecular complexity index is 2080. The number of oxazole rings is 2. The molecule has 0 amide bonds. The van der Waals surface area contributed by atoms with Gasteiger partial charge in [-0.3, -0.25) is 0 Å². The number of halogens is 8. The van der Waals surface area contributed by atoms with E-state index < -0.39 is 23.5 Å². The predicted molar refractivity (Wildman–Crippen MR) is 179 cm³/mol. The Labute approximate surface area is 283 Å². The Morgan fingerprint density at radius 2 is 0.739 bits per heavy atom. The molecule has 0 unspecified atom stereocenters. The Morgan fingerprint density at radius 1 is 0.435 bits per heavy atom. The van der Waals surface area contributed by atoms with Crippen molar-refractivity contribution >= 4 is 67.4 Å². The summed E-state index contributed by atoms with van der Waals surface area (Å²) in [5, 5.41) is 0. The van der Waals surface area contributed by atoms with Gasteiger partial charge in [0, 0.05) is 45.2 Å². The Hall–Kier alpha value is -3.92. The highest BCUT2D eigenvalue weighted by Gasteiger charge is 2.36. The second kappa shape index (κ2) is 11.4. The normalized spacial score (nSPS) is 12.3. The molecule has 0 saturated carbocycles. The first-order valence-electron chi connectivity index (χ1n) is 13.5. The van der Waals surface area contributed by atoms with Gasteiger partial charge < -0.3 is 8.83 Å². The molecule has 2 aromatic heterocycles. The average Bonchev–Trinajstić information content (AvgIpc) is 3.60. The van der Waals surface area contributed by atoms with Crippen LogP contribution >= 0.6 is 45.2 Å². The maximum absolute atomic E-state index is 14.2. The minimum absolute atomic E-state index is 0.0440. The summed E-state index contributed by atoms with van der Waals surface area (Å²) in [5.41, 5.74) is 1.21. The molecule has 0 spiro atoms. The largest absolute Gasteiger partial charge is 0.431 e. The van der Waals surface area contributed by atoms with E-state index in [2.05, 4.69) is 9.97 Å². The van der Waals surface area contributed by atoms with Crippen LogP contribution in [-0.4, -0.2) is 9.97 Å². The molecule has 0 aliphatic rings. The molecule has 2 heterocycles. The molecule has 7 aromatic rings. The molecule has 12 heteroatoms. The van der Waals surface area contributed by atoms with Crippen LogP contribution in [0.3, 0.4) is 0 Å². The lowest BCUT2D eigenvalue weighted by Gasteiger charge is -2.18. The lowest BCUT2D eigenvalue weighted by atomic mass is 9.87. The van der Waals surface area contributed by atoms with Crippen molar-refractivity contribution in [3.63, 3.8) is 0 Å². The lowest BCUT2D eigenvalue weighted by Crippen LogP contribution is -2.07. The minimum Gasteiger partial charge on any atom is -0.431 e. The van der Waals surface area contributed by atoms with Crippen molar-refractivity contribution < 1.29 is 35.2 Å². The number of hydrogen-bond donors (Lipinski definition) is 0. The minimum atomic E-state index is -4.63. The van der Waals surface area contributed by atoms with Gasteiger partial charge >= 0.3 is 12.4 Å². The van der Waals surface area contributed by atoms with Crippen molar-refractivity contribution in [1.29, 1.82) is 0 Å². The molecule has 0 radical (unpaired) electrons. The second-order valence-electron chi connectivity index (χ2n) is 10.2. The summed E-state index contributed by atoms with van der Waals surface area (Å²) in [6.45, 7) is 0. The van der Waals surface area contributed by atoms with Crippen LogP contribution in [0.2, 0.25) is 0 Å². The predicted octanol–water partition coefficient (Wildman–Crippen LogP) is 11.9.